The predicted octanol–water partition coefficient (Wildman–Crippen LogP) is 4.29. The number of benzene rings is 2. The molecule has 2 nitrogen and oxygen atoms in total. The lowest BCUT2D eigenvalue weighted by Crippen LogP contribution is -1.93. The van der Waals surface area contributed by atoms with Crippen molar-refractivity contribution < 1.29 is 14.3 Å². The van der Waals surface area contributed by atoms with E-state index < -0.39 is 5.97 Å². The van der Waals surface area contributed by atoms with E-state index in [4.69, 9.17) is 5.11 Å². The first kappa shape index (κ1) is 14.0. The van der Waals surface area contributed by atoms with E-state index in [1.165, 1.54) is 6.07 Å². The van der Waals surface area contributed by atoms with Gasteiger partial charge < -0.3 is 5.11 Å². The average molecular weight is 270 g/mol. The van der Waals surface area contributed by atoms with Crippen molar-refractivity contribution in [1.82, 2.24) is 0 Å². The van der Waals surface area contributed by atoms with Crippen LogP contribution in [0.4, 0.5) is 4.39 Å². The monoisotopic (exact) mass is 270 g/mol. The highest BCUT2D eigenvalue weighted by Crippen LogP contribution is 2.28. The van der Waals surface area contributed by atoms with E-state index in [0.29, 0.717) is 16.7 Å². The number of hydrogen-bond acceptors (Lipinski definition) is 1. The number of carboxylic acids is 1. The molecule has 1 N–H and O–H groups in total. The summed E-state index contributed by atoms with van der Waals surface area (Å²) in [5.41, 5.74) is 3.57. The van der Waals surface area contributed by atoms with Gasteiger partial charge in [0.25, 0.3) is 0 Å². The summed E-state index contributed by atoms with van der Waals surface area (Å²) >= 11 is 0. The molecule has 20 heavy (non-hydrogen) atoms. The first-order valence-electron chi connectivity index (χ1n) is 6.26. The Morgan fingerprint density at radius 3 is 2.50 bits per heavy atom. The van der Waals surface area contributed by atoms with Crippen molar-refractivity contribution in [1.29, 1.82) is 0 Å². The van der Waals surface area contributed by atoms with E-state index in [1.807, 2.05) is 31.2 Å². The number of carboxylic acid groups (broad SMARTS) is 1. The number of allylic oxidation sites excluding steroid dienone is 1. The van der Waals surface area contributed by atoms with E-state index in [9.17, 15) is 9.18 Å². The molecule has 2 rings (SSSR count). The fourth-order valence-corrected chi connectivity index (χ4v) is 2.12. The number of aliphatic carboxylic acids is 1. The van der Waals surface area contributed by atoms with Crippen LogP contribution in [-0.4, -0.2) is 11.1 Å². The Hall–Kier alpha value is -2.42. The van der Waals surface area contributed by atoms with Gasteiger partial charge >= 0.3 is 5.97 Å². The number of rotatable bonds is 3. The molecule has 0 atom stereocenters. The Balaban J connectivity index is 2.56. The van der Waals surface area contributed by atoms with Gasteiger partial charge in [0.05, 0.1) is 0 Å². The zero-order chi connectivity index (χ0) is 14.7. The summed E-state index contributed by atoms with van der Waals surface area (Å²) in [6, 6.07) is 12.2. The number of halogens is 1. The van der Waals surface area contributed by atoms with Crippen molar-refractivity contribution in [2.45, 2.75) is 13.8 Å². The van der Waals surface area contributed by atoms with E-state index in [2.05, 4.69) is 0 Å². The lowest BCUT2D eigenvalue weighted by molar-refractivity contribution is -0.131. The number of aryl methyl sites for hydroxylation is 1. The van der Waals surface area contributed by atoms with Crippen LogP contribution in [0.1, 0.15) is 18.1 Å². The molecule has 0 saturated carbocycles. The molecular formula is C17H15FO2. The minimum absolute atomic E-state index is 0.314. The molecule has 0 heterocycles. The van der Waals surface area contributed by atoms with Crippen LogP contribution >= 0.6 is 0 Å². The highest BCUT2D eigenvalue weighted by molar-refractivity contribution is 5.90. The van der Waals surface area contributed by atoms with Gasteiger partial charge in [-0.15, -0.1) is 0 Å². The molecule has 0 unspecified atom stereocenters. The molecule has 0 saturated heterocycles. The Morgan fingerprint density at radius 1 is 1.15 bits per heavy atom. The van der Waals surface area contributed by atoms with Gasteiger partial charge in [0.1, 0.15) is 5.82 Å². The largest absolute Gasteiger partial charge is 0.478 e. The van der Waals surface area contributed by atoms with Crippen LogP contribution in [0.25, 0.3) is 16.7 Å². The van der Waals surface area contributed by atoms with Crippen molar-refractivity contribution in [3.8, 4) is 11.1 Å². The fraction of sp³-hybridized carbons (Fsp3) is 0.118. The van der Waals surface area contributed by atoms with Crippen molar-refractivity contribution >= 4 is 11.5 Å². The summed E-state index contributed by atoms with van der Waals surface area (Å²) in [7, 11) is 0. The Kier molecular flexibility index (Phi) is 3.99. The SMILES string of the molecule is C/C(=C\C(=O)O)c1ccc(F)c(-c2ccccc2C)c1. The second-order valence-electron chi connectivity index (χ2n) is 4.68. The molecule has 0 aliphatic heterocycles. The van der Waals surface area contributed by atoms with Gasteiger partial charge in [-0.05, 0) is 48.2 Å². The van der Waals surface area contributed by atoms with Crippen LogP contribution < -0.4 is 0 Å². The summed E-state index contributed by atoms with van der Waals surface area (Å²) in [6.07, 6.45) is 1.12. The molecular weight excluding hydrogens is 255 g/mol. The maximum atomic E-state index is 14.0. The highest BCUT2D eigenvalue weighted by Gasteiger charge is 2.09. The maximum absolute atomic E-state index is 14.0. The van der Waals surface area contributed by atoms with Gasteiger partial charge in [0, 0.05) is 11.6 Å². The lowest BCUT2D eigenvalue weighted by atomic mass is 9.96. The van der Waals surface area contributed by atoms with Crippen molar-refractivity contribution in [3.63, 3.8) is 0 Å². The summed E-state index contributed by atoms with van der Waals surface area (Å²) in [5.74, 6) is -1.32. The van der Waals surface area contributed by atoms with Crippen molar-refractivity contribution in [2.24, 2.45) is 0 Å². The predicted molar refractivity (Wildman–Crippen MR) is 77.9 cm³/mol. The molecule has 2 aromatic carbocycles. The van der Waals surface area contributed by atoms with Crippen LogP contribution in [0.5, 0.6) is 0 Å². The van der Waals surface area contributed by atoms with Crippen LogP contribution in [0.15, 0.2) is 48.5 Å². The van der Waals surface area contributed by atoms with Crippen molar-refractivity contribution in [3.05, 3.63) is 65.5 Å². The normalized spacial score (nSPS) is 11.4. The summed E-state index contributed by atoms with van der Waals surface area (Å²) in [4.78, 5) is 10.7. The third-order valence-corrected chi connectivity index (χ3v) is 3.20. The van der Waals surface area contributed by atoms with Gasteiger partial charge in [-0.3, -0.25) is 0 Å². The molecule has 0 radical (unpaired) electrons. The van der Waals surface area contributed by atoms with Gasteiger partial charge in [0.15, 0.2) is 0 Å². The second-order valence-corrected chi connectivity index (χ2v) is 4.68. The number of carbonyl (C=O) groups is 1. The molecule has 3 heteroatoms. The minimum atomic E-state index is -1.01. The second kappa shape index (κ2) is 5.70. The lowest BCUT2D eigenvalue weighted by Gasteiger charge is -2.10. The first-order valence-corrected chi connectivity index (χ1v) is 6.26. The molecule has 2 aromatic rings. The summed E-state index contributed by atoms with van der Waals surface area (Å²) in [5, 5.41) is 8.78. The van der Waals surface area contributed by atoms with Crippen LogP contribution in [0.2, 0.25) is 0 Å². The maximum Gasteiger partial charge on any atom is 0.328 e. The molecule has 0 aliphatic rings. The highest BCUT2D eigenvalue weighted by atomic mass is 19.1. The van der Waals surface area contributed by atoms with Gasteiger partial charge in [-0.1, -0.05) is 30.3 Å². The smallest absolute Gasteiger partial charge is 0.328 e. The molecule has 0 fully saturated rings. The number of hydrogen-bond donors (Lipinski definition) is 1. The quantitative estimate of drug-likeness (QED) is 0.845. The average Bonchev–Trinajstić information content (AvgIpc) is 2.39. The molecule has 0 aromatic heterocycles. The van der Waals surface area contributed by atoms with E-state index in [1.54, 1.807) is 19.1 Å². The Bertz CT molecular complexity index is 687. The van der Waals surface area contributed by atoms with Gasteiger partial charge in [0.2, 0.25) is 0 Å². The summed E-state index contributed by atoms with van der Waals surface area (Å²) in [6.45, 7) is 3.62. The van der Waals surface area contributed by atoms with Crippen LogP contribution in [-0.2, 0) is 4.79 Å². The molecule has 0 spiro atoms. The standard InChI is InChI=1S/C17H15FO2/c1-11-5-3-4-6-14(11)15-10-13(7-8-16(15)18)12(2)9-17(19)20/h3-10H,1-2H3,(H,19,20)/b12-9+. The zero-order valence-corrected chi connectivity index (χ0v) is 11.4. The molecule has 0 aliphatic carbocycles. The molecule has 0 amide bonds. The third-order valence-electron chi connectivity index (χ3n) is 3.20. The van der Waals surface area contributed by atoms with Crippen molar-refractivity contribution in [2.75, 3.05) is 0 Å². The molecule has 0 bridgehead atoms. The van der Waals surface area contributed by atoms with Crippen LogP contribution in [0.3, 0.4) is 0 Å². The van der Waals surface area contributed by atoms with E-state index in [0.717, 1.165) is 17.2 Å². The third kappa shape index (κ3) is 2.94. The minimum Gasteiger partial charge on any atom is -0.478 e. The Labute approximate surface area is 117 Å². The van der Waals surface area contributed by atoms with Crippen LogP contribution in [0, 0.1) is 12.7 Å². The fourth-order valence-electron chi connectivity index (χ4n) is 2.12. The topological polar surface area (TPSA) is 37.3 Å². The van der Waals surface area contributed by atoms with E-state index >= 15 is 0 Å². The van der Waals surface area contributed by atoms with Gasteiger partial charge in [-0.25, -0.2) is 9.18 Å². The van der Waals surface area contributed by atoms with E-state index in [-0.39, 0.29) is 5.82 Å². The zero-order valence-electron chi connectivity index (χ0n) is 11.4. The Morgan fingerprint density at radius 2 is 1.85 bits per heavy atom. The summed E-state index contributed by atoms with van der Waals surface area (Å²) < 4.78 is 14.0. The first-order chi connectivity index (χ1) is 9.49. The van der Waals surface area contributed by atoms with Gasteiger partial charge in [-0.2, -0.15) is 0 Å². The molecule has 102 valence electrons.